The standard InChI is InChI=1S/C14H21N3O/c1-10-13(6-3-7-16-10)14(18)17-12-5-2-4-11(8-12)9-15/h3,6-7,11-12H,2,4-5,8-9,15H2,1H3,(H,17,18). The van der Waals surface area contributed by atoms with Crippen LogP contribution in [0.5, 0.6) is 0 Å². The minimum Gasteiger partial charge on any atom is -0.349 e. The fourth-order valence-electron chi connectivity index (χ4n) is 2.62. The van der Waals surface area contributed by atoms with Crippen LogP contribution in [0.25, 0.3) is 0 Å². The summed E-state index contributed by atoms with van der Waals surface area (Å²) >= 11 is 0. The van der Waals surface area contributed by atoms with Crippen molar-refractivity contribution in [3.8, 4) is 0 Å². The van der Waals surface area contributed by atoms with E-state index in [-0.39, 0.29) is 11.9 Å². The molecule has 0 bridgehead atoms. The van der Waals surface area contributed by atoms with Crippen LogP contribution in [0.2, 0.25) is 0 Å². The average molecular weight is 247 g/mol. The smallest absolute Gasteiger partial charge is 0.253 e. The predicted molar refractivity (Wildman–Crippen MR) is 71.2 cm³/mol. The normalized spacial score (nSPS) is 23.7. The zero-order chi connectivity index (χ0) is 13.0. The summed E-state index contributed by atoms with van der Waals surface area (Å²) < 4.78 is 0. The van der Waals surface area contributed by atoms with Gasteiger partial charge in [0.25, 0.3) is 5.91 Å². The van der Waals surface area contributed by atoms with Gasteiger partial charge in [0.05, 0.1) is 5.56 Å². The van der Waals surface area contributed by atoms with Gasteiger partial charge in [-0.15, -0.1) is 0 Å². The first-order valence-corrected chi connectivity index (χ1v) is 6.63. The maximum absolute atomic E-state index is 12.1. The van der Waals surface area contributed by atoms with Gasteiger partial charge in [-0.3, -0.25) is 9.78 Å². The van der Waals surface area contributed by atoms with E-state index in [0.29, 0.717) is 11.5 Å². The summed E-state index contributed by atoms with van der Waals surface area (Å²) in [7, 11) is 0. The number of hydrogen-bond donors (Lipinski definition) is 2. The van der Waals surface area contributed by atoms with Crippen molar-refractivity contribution in [2.75, 3.05) is 6.54 Å². The summed E-state index contributed by atoms with van der Waals surface area (Å²) in [4.78, 5) is 16.3. The van der Waals surface area contributed by atoms with Crippen LogP contribution in [0.4, 0.5) is 0 Å². The van der Waals surface area contributed by atoms with Gasteiger partial charge >= 0.3 is 0 Å². The molecule has 0 aromatic carbocycles. The van der Waals surface area contributed by atoms with E-state index in [9.17, 15) is 4.79 Å². The fourth-order valence-corrected chi connectivity index (χ4v) is 2.62. The molecule has 4 heteroatoms. The van der Waals surface area contributed by atoms with E-state index in [2.05, 4.69) is 10.3 Å². The molecular formula is C14H21N3O. The van der Waals surface area contributed by atoms with E-state index < -0.39 is 0 Å². The highest BCUT2D eigenvalue weighted by Crippen LogP contribution is 2.23. The maximum Gasteiger partial charge on any atom is 0.253 e. The lowest BCUT2D eigenvalue weighted by Crippen LogP contribution is -2.40. The molecule has 98 valence electrons. The van der Waals surface area contributed by atoms with Crippen molar-refractivity contribution >= 4 is 5.91 Å². The van der Waals surface area contributed by atoms with Crippen molar-refractivity contribution in [2.24, 2.45) is 11.7 Å². The summed E-state index contributed by atoms with van der Waals surface area (Å²) in [5, 5.41) is 3.11. The van der Waals surface area contributed by atoms with Crippen LogP contribution in [0.15, 0.2) is 18.3 Å². The average Bonchev–Trinajstić information content (AvgIpc) is 2.39. The molecule has 1 aromatic heterocycles. The first-order valence-electron chi connectivity index (χ1n) is 6.63. The molecule has 2 unspecified atom stereocenters. The molecule has 1 aliphatic rings. The van der Waals surface area contributed by atoms with Gasteiger partial charge in [-0.25, -0.2) is 0 Å². The third-order valence-corrected chi connectivity index (χ3v) is 3.70. The molecule has 0 saturated heterocycles. The molecular weight excluding hydrogens is 226 g/mol. The van der Waals surface area contributed by atoms with Crippen molar-refractivity contribution in [3.63, 3.8) is 0 Å². The van der Waals surface area contributed by atoms with Crippen molar-refractivity contribution in [2.45, 2.75) is 38.6 Å². The molecule has 18 heavy (non-hydrogen) atoms. The quantitative estimate of drug-likeness (QED) is 0.853. The molecule has 1 fully saturated rings. The van der Waals surface area contributed by atoms with Gasteiger partial charge in [0.2, 0.25) is 0 Å². The summed E-state index contributed by atoms with van der Waals surface area (Å²) in [5.41, 5.74) is 7.16. The van der Waals surface area contributed by atoms with E-state index in [0.717, 1.165) is 31.5 Å². The minimum atomic E-state index is -0.0109. The van der Waals surface area contributed by atoms with Crippen LogP contribution in [-0.4, -0.2) is 23.5 Å². The Kier molecular flexibility index (Phi) is 4.31. The van der Waals surface area contributed by atoms with Crippen molar-refractivity contribution in [3.05, 3.63) is 29.6 Å². The fraction of sp³-hybridized carbons (Fsp3) is 0.571. The number of nitrogens with two attached hydrogens (primary N) is 1. The minimum absolute atomic E-state index is 0.0109. The summed E-state index contributed by atoms with van der Waals surface area (Å²) in [6.45, 7) is 2.58. The van der Waals surface area contributed by atoms with Crippen molar-refractivity contribution < 1.29 is 4.79 Å². The summed E-state index contributed by atoms with van der Waals surface area (Å²) in [5.74, 6) is 0.544. The number of nitrogens with one attached hydrogen (secondary N) is 1. The van der Waals surface area contributed by atoms with E-state index in [1.54, 1.807) is 12.3 Å². The van der Waals surface area contributed by atoms with Gasteiger partial charge in [-0.2, -0.15) is 0 Å². The number of hydrogen-bond acceptors (Lipinski definition) is 3. The molecule has 0 radical (unpaired) electrons. The van der Waals surface area contributed by atoms with E-state index in [1.165, 1.54) is 6.42 Å². The Labute approximate surface area is 108 Å². The third-order valence-electron chi connectivity index (χ3n) is 3.70. The Bertz CT molecular complexity index is 419. The molecule has 2 atom stereocenters. The SMILES string of the molecule is Cc1ncccc1C(=O)NC1CCCC(CN)C1. The largest absolute Gasteiger partial charge is 0.349 e. The van der Waals surface area contributed by atoms with Crippen LogP contribution < -0.4 is 11.1 Å². The second-order valence-corrected chi connectivity index (χ2v) is 5.08. The number of amides is 1. The molecule has 1 aliphatic carbocycles. The highest BCUT2D eigenvalue weighted by Gasteiger charge is 2.23. The van der Waals surface area contributed by atoms with Crippen LogP contribution in [-0.2, 0) is 0 Å². The Morgan fingerprint density at radius 1 is 1.56 bits per heavy atom. The number of nitrogens with zero attached hydrogens (tertiary/aromatic N) is 1. The number of aryl methyl sites for hydroxylation is 1. The highest BCUT2D eigenvalue weighted by molar-refractivity contribution is 5.95. The second-order valence-electron chi connectivity index (χ2n) is 5.08. The van der Waals surface area contributed by atoms with Crippen molar-refractivity contribution in [1.82, 2.24) is 10.3 Å². The molecule has 2 rings (SSSR count). The van der Waals surface area contributed by atoms with Crippen LogP contribution in [0.1, 0.15) is 41.7 Å². The molecule has 4 nitrogen and oxygen atoms in total. The lowest BCUT2D eigenvalue weighted by molar-refractivity contribution is 0.0919. The van der Waals surface area contributed by atoms with E-state index in [4.69, 9.17) is 5.73 Å². The van der Waals surface area contributed by atoms with Gasteiger partial charge < -0.3 is 11.1 Å². The molecule has 0 aliphatic heterocycles. The third kappa shape index (κ3) is 3.07. The summed E-state index contributed by atoms with van der Waals surface area (Å²) in [6.07, 6.45) is 6.11. The van der Waals surface area contributed by atoms with Gasteiger partial charge in [0.15, 0.2) is 0 Å². The number of carbonyl (C=O) groups excluding carboxylic acids is 1. The highest BCUT2D eigenvalue weighted by atomic mass is 16.1. The van der Waals surface area contributed by atoms with E-state index >= 15 is 0 Å². The number of pyridine rings is 1. The zero-order valence-corrected chi connectivity index (χ0v) is 10.9. The molecule has 1 aromatic rings. The zero-order valence-electron chi connectivity index (χ0n) is 10.9. The van der Waals surface area contributed by atoms with Crippen molar-refractivity contribution in [1.29, 1.82) is 0 Å². The van der Waals surface area contributed by atoms with E-state index in [1.807, 2.05) is 13.0 Å². The number of rotatable bonds is 3. The lowest BCUT2D eigenvalue weighted by Gasteiger charge is -2.29. The van der Waals surface area contributed by atoms with Gasteiger partial charge in [-0.1, -0.05) is 6.42 Å². The molecule has 0 spiro atoms. The van der Waals surface area contributed by atoms with Crippen LogP contribution in [0, 0.1) is 12.8 Å². The predicted octanol–water partition coefficient (Wildman–Crippen LogP) is 1.64. The Hall–Kier alpha value is -1.42. The second kappa shape index (κ2) is 5.96. The van der Waals surface area contributed by atoms with Gasteiger partial charge in [0.1, 0.15) is 0 Å². The Morgan fingerprint density at radius 3 is 3.11 bits per heavy atom. The van der Waals surface area contributed by atoms with Gasteiger partial charge in [-0.05, 0) is 50.8 Å². The lowest BCUT2D eigenvalue weighted by atomic mass is 9.85. The maximum atomic E-state index is 12.1. The first kappa shape index (κ1) is 13.0. The summed E-state index contributed by atoms with van der Waals surface area (Å²) in [6, 6.07) is 3.88. The molecule has 1 heterocycles. The van der Waals surface area contributed by atoms with Gasteiger partial charge in [0, 0.05) is 17.9 Å². The number of carbonyl (C=O) groups is 1. The molecule has 3 N–H and O–H groups in total. The van der Waals surface area contributed by atoms with Crippen LogP contribution in [0.3, 0.4) is 0 Å². The Morgan fingerprint density at radius 2 is 2.39 bits per heavy atom. The topological polar surface area (TPSA) is 68.0 Å². The van der Waals surface area contributed by atoms with Crippen LogP contribution >= 0.6 is 0 Å². The number of aromatic nitrogens is 1. The Balaban J connectivity index is 1.97. The monoisotopic (exact) mass is 247 g/mol. The first-order chi connectivity index (χ1) is 8.70. The molecule has 1 amide bonds. The molecule has 1 saturated carbocycles.